The molecule has 0 saturated carbocycles. The minimum atomic E-state index is -0.400. The molecule has 4 nitrogen and oxygen atoms in total. The fraction of sp³-hybridized carbons (Fsp3) is 0.316. The Morgan fingerprint density at radius 2 is 1.85 bits per heavy atom. The maximum atomic E-state index is 13.0. The summed E-state index contributed by atoms with van der Waals surface area (Å²) in [6.07, 6.45) is 2.35. The van der Waals surface area contributed by atoms with E-state index in [1.54, 1.807) is 0 Å². The van der Waals surface area contributed by atoms with Gasteiger partial charge in [0, 0.05) is 0 Å². The summed E-state index contributed by atoms with van der Waals surface area (Å²) in [5, 5.41) is 4.73. The predicted molar refractivity (Wildman–Crippen MR) is 109 cm³/mol. The van der Waals surface area contributed by atoms with Gasteiger partial charge >= 0.3 is 167 Å². The third kappa shape index (κ3) is 3.35. The maximum absolute atomic E-state index is 13.0. The predicted octanol–water partition coefficient (Wildman–Crippen LogP) is 3.77. The Bertz CT molecular complexity index is 902. The van der Waals surface area contributed by atoms with Crippen molar-refractivity contribution in [3.05, 3.63) is 53.6 Å². The van der Waals surface area contributed by atoms with Gasteiger partial charge in [-0.05, 0) is 0 Å². The number of halogens is 1. The Kier molecular flexibility index (Phi) is 5.89. The van der Waals surface area contributed by atoms with E-state index in [-0.39, 0.29) is 0 Å². The molecule has 0 amide bonds. The van der Waals surface area contributed by atoms with E-state index in [0.717, 1.165) is 45.8 Å². The van der Waals surface area contributed by atoms with Crippen molar-refractivity contribution >= 4 is 32.8 Å². The Balaban J connectivity index is 2.22. The molecule has 0 N–H and O–H groups in total. The van der Waals surface area contributed by atoms with Crippen molar-refractivity contribution in [1.82, 2.24) is 14.3 Å². The van der Waals surface area contributed by atoms with Crippen molar-refractivity contribution in [2.45, 2.75) is 25.2 Å². The van der Waals surface area contributed by atoms with Crippen molar-refractivity contribution in [3.63, 3.8) is 0 Å². The second-order valence-corrected chi connectivity index (χ2v) is 8.92. The van der Waals surface area contributed by atoms with Crippen molar-refractivity contribution in [2.75, 3.05) is 25.7 Å². The van der Waals surface area contributed by atoms with Gasteiger partial charge in [-0.1, -0.05) is 0 Å². The topological polar surface area (TPSA) is 26.0 Å². The Morgan fingerprint density at radius 1 is 1.15 bits per heavy atom. The number of anilines is 1. The number of nitrogens with zero attached hydrogens (tertiary/aromatic N) is 4. The number of para-hydroxylation sites is 1. The zero-order valence-corrected chi connectivity index (χ0v) is 19.4. The molecule has 0 aliphatic carbocycles. The van der Waals surface area contributed by atoms with Crippen LogP contribution < -0.4 is 4.90 Å². The van der Waals surface area contributed by atoms with Gasteiger partial charge in [0.15, 0.2) is 0 Å². The summed E-state index contributed by atoms with van der Waals surface area (Å²) >= 11 is 1.10. The van der Waals surface area contributed by atoms with Gasteiger partial charge in [-0.3, -0.25) is 0 Å². The first-order valence-electron chi connectivity index (χ1n) is 8.51. The molecular weight excluding hydrogens is 405 g/mol. The number of hydrogen-bond donors (Lipinski definition) is 0. The quantitative estimate of drug-likeness (QED) is 0.560. The molecule has 0 aliphatic heterocycles. The van der Waals surface area contributed by atoms with E-state index >= 15 is 0 Å². The van der Waals surface area contributed by atoms with Gasteiger partial charge in [0.25, 0.3) is 0 Å². The van der Waals surface area contributed by atoms with Crippen LogP contribution >= 0.6 is 9.70 Å². The molecule has 3 rings (SSSR count). The molecule has 26 heavy (non-hydrogen) atoms. The van der Waals surface area contributed by atoms with E-state index in [0.29, 0.717) is 6.42 Å². The molecule has 0 bridgehead atoms. The van der Waals surface area contributed by atoms with E-state index < -0.39 is 6.67 Å². The Labute approximate surface area is 167 Å². The average molecular weight is 428 g/mol. The van der Waals surface area contributed by atoms with Gasteiger partial charge in [0.1, 0.15) is 0 Å². The third-order valence-electron chi connectivity index (χ3n) is 4.53. The molecule has 135 valence electrons. The van der Waals surface area contributed by atoms with Crippen LogP contribution in [-0.4, -0.2) is 52.5 Å². The molecule has 0 spiro atoms. The molecule has 7 heteroatoms. The Hall–Kier alpha value is -1.57. The summed E-state index contributed by atoms with van der Waals surface area (Å²) in [7, 11) is 5.78. The average Bonchev–Trinajstić information content (AvgIpc) is 3.14. The molecule has 0 atom stereocenters. The van der Waals surface area contributed by atoms with Crippen LogP contribution in [0, 0.1) is 13.8 Å². The van der Waals surface area contributed by atoms with E-state index in [1.165, 1.54) is 10.6 Å². The van der Waals surface area contributed by atoms with Crippen molar-refractivity contribution in [2.24, 2.45) is 0 Å². The first-order chi connectivity index (χ1) is 12.5. The Morgan fingerprint density at radius 3 is 2.42 bits per heavy atom. The second kappa shape index (κ2) is 7.98. The molecule has 0 unspecified atom stereocenters. The van der Waals surface area contributed by atoms with Crippen molar-refractivity contribution in [1.29, 1.82) is 0 Å². The van der Waals surface area contributed by atoms with Crippen LogP contribution in [0.1, 0.15) is 17.1 Å². The summed E-state index contributed by atoms with van der Waals surface area (Å²) in [5.41, 5.74) is 6.36. The van der Waals surface area contributed by atoms with E-state index in [4.69, 9.17) is 5.10 Å². The van der Waals surface area contributed by atoms with Crippen molar-refractivity contribution in [3.8, 4) is 11.4 Å². The van der Waals surface area contributed by atoms with Crippen LogP contribution in [0.4, 0.5) is 10.1 Å². The third-order valence-corrected chi connectivity index (χ3v) is 7.12. The molecule has 2 heterocycles. The summed E-state index contributed by atoms with van der Waals surface area (Å²) in [6.45, 7) is 3.88. The number of rotatable bonds is 6. The molecule has 0 saturated heterocycles. The van der Waals surface area contributed by atoms with Crippen molar-refractivity contribution < 1.29 is 4.39 Å². The molecule has 1 radical (unpaired) electrons. The molecule has 0 fully saturated rings. The molecule has 1 aromatic carbocycles. The first-order valence-corrected chi connectivity index (χ1v) is 13.1. The van der Waals surface area contributed by atoms with E-state index in [1.807, 2.05) is 45.6 Å². The fourth-order valence-electron chi connectivity index (χ4n) is 3.36. The number of alkyl halides is 1. The SMILES string of the molecule is Cc1c([S][GaH])c(-n2cc(N(C)C)c(CCF)n2)c(C)n1-c1ccccc1. The minimum absolute atomic E-state index is 0.334. The zero-order chi connectivity index (χ0) is 18.8. The van der Waals surface area contributed by atoms with Crippen LogP contribution in [-0.2, 0) is 6.42 Å². The van der Waals surface area contributed by atoms with Gasteiger partial charge in [0.2, 0.25) is 0 Å². The zero-order valence-electron chi connectivity index (χ0n) is 15.7. The number of aromatic nitrogens is 3. The monoisotopic (exact) mass is 427 g/mol. The van der Waals surface area contributed by atoms with E-state index in [2.05, 4.69) is 42.7 Å². The van der Waals surface area contributed by atoms with Crippen LogP contribution in [0.3, 0.4) is 0 Å². The van der Waals surface area contributed by atoms with E-state index in [9.17, 15) is 4.39 Å². The van der Waals surface area contributed by atoms with Crippen LogP contribution in [0.15, 0.2) is 41.4 Å². The number of hydrogen-bond acceptors (Lipinski definition) is 3. The molecule has 2 aromatic heterocycles. The van der Waals surface area contributed by atoms with Crippen LogP contribution in [0.5, 0.6) is 0 Å². The second-order valence-electron chi connectivity index (χ2n) is 6.40. The molecule has 3 aromatic rings. The van der Waals surface area contributed by atoms with Crippen LogP contribution in [0.2, 0.25) is 0 Å². The standard InChI is InChI=1S/C19H23FN4S.Ga.H/c1-13-18(23-12-17(22(3)4)16(21-23)10-11-20)19(25)14(2)24(13)15-8-6-5-7-9-15;;/h5-9,12,25H,10-11H2,1-4H3;;/q;+1;/p-1. The normalized spacial score (nSPS) is 11.1. The number of benzene rings is 1. The van der Waals surface area contributed by atoms with Gasteiger partial charge in [-0.2, -0.15) is 0 Å². The number of aryl methyl sites for hydroxylation is 1. The fourth-order valence-corrected chi connectivity index (χ4v) is 6.21. The van der Waals surface area contributed by atoms with Gasteiger partial charge < -0.3 is 0 Å². The van der Waals surface area contributed by atoms with Gasteiger partial charge in [0.05, 0.1) is 0 Å². The summed E-state index contributed by atoms with van der Waals surface area (Å²) in [5.74, 6) is 0. The molecular formula is C19H23FGaN4S. The summed E-state index contributed by atoms with van der Waals surface area (Å²) < 4.78 is 17.2. The first kappa shape index (κ1) is 19.2. The molecule has 0 aliphatic rings. The van der Waals surface area contributed by atoms with Gasteiger partial charge in [-0.15, -0.1) is 0 Å². The van der Waals surface area contributed by atoms with Crippen LogP contribution in [0.25, 0.3) is 11.4 Å². The summed E-state index contributed by atoms with van der Waals surface area (Å²) in [4.78, 5) is 3.24. The van der Waals surface area contributed by atoms with Gasteiger partial charge in [-0.25, -0.2) is 0 Å². The summed E-state index contributed by atoms with van der Waals surface area (Å²) in [6, 6.07) is 10.4.